The van der Waals surface area contributed by atoms with Gasteiger partial charge in [0.25, 0.3) is 0 Å². The molecule has 0 saturated heterocycles. The molecule has 0 fully saturated rings. The summed E-state index contributed by atoms with van der Waals surface area (Å²) in [6.45, 7) is 4.24. The number of aromatic hydroxyl groups is 1. The third-order valence-corrected chi connectivity index (χ3v) is 5.68. The molecule has 4 heteroatoms. The molecule has 0 aliphatic heterocycles. The summed E-state index contributed by atoms with van der Waals surface area (Å²) < 4.78 is 5.26. The predicted molar refractivity (Wildman–Crippen MR) is 116 cm³/mol. The van der Waals surface area contributed by atoms with Gasteiger partial charge >= 0.3 is 5.97 Å². The van der Waals surface area contributed by atoms with Gasteiger partial charge < -0.3 is 9.84 Å². The van der Waals surface area contributed by atoms with E-state index in [2.05, 4.69) is 13.0 Å². The van der Waals surface area contributed by atoms with Gasteiger partial charge in [-0.3, -0.25) is 0 Å². The Hall–Kier alpha value is -2.72. The molecule has 0 aliphatic rings. The Morgan fingerprint density at radius 1 is 0.893 bits per heavy atom. The molecule has 1 N–H and O–H groups in total. The van der Waals surface area contributed by atoms with E-state index in [-0.39, 0.29) is 17.0 Å². The molecule has 3 aromatic rings. The number of hydrogen-bond donors (Lipinski definition) is 1. The number of phenols is 1. The number of phenolic OH excluding ortho intramolecular Hbond substituents is 1. The third kappa shape index (κ3) is 4.23. The van der Waals surface area contributed by atoms with Crippen molar-refractivity contribution in [1.29, 1.82) is 0 Å². The zero-order chi connectivity index (χ0) is 19.9. The number of carbonyl (C=O) groups is 1. The summed E-state index contributed by atoms with van der Waals surface area (Å²) in [4.78, 5) is 12.5. The number of esters is 1. The minimum atomic E-state index is -0.324. The van der Waals surface area contributed by atoms with E-state index < -0.39 is 0 Å². The highest BCUT2D eigenvalue weighted by Gasteiger charge is 2.23. The largest absolute Gasteiger partial charge is 0.508 e. The number of benzene rings is 3. The quantitative estimate of drug-likeness (QED) is 0.495. The van der Waals surface area contributed by atoms with E-state index in [1.165, 1.54) is 0 Å². The summed E-state index contributed by atoms with van der Waals surface area (Å²) in [6, 6.07) is 23.0. The summed E-state index contributed by atoms with van der Waals surface area (Å²) in [6.07, 6.45) is 0. The van der Waals surface area contributed by atoms with Crippen molar-refractivity contribution in [2.45, 2.75) is 19.1 Å². The second-order valence-electron chi connectivity index (χ2n) is 6.25. The van der Waals surface area contributed by atoms with Gasteiger partial charge in [0.2, 0.25) is 0 Å². The molecular formula is C24H24O3S. The van der Waals surface area contributed by atoms with E-state index in [0.29, 0.717) is 12.2 Å². The van der Waals surface area contributed by atoms with Crippen LogP contribution in [0, 0.1) is 0 Å². The molecule has 0 saturated carbocycles. The fourth-order valence-corrected chi connectivity index (χ4v) is 4.40. The molecule has 28 heavy (non-hydrogen) atoms. The normalized spacial score (nSPS) is 11.8. The van der Waals surface area contributed by atoms with Crippen LogP contribution in [0.1, 0.15) is 40.6 Å². The maximum absolute atomic E-state index is 12.5. The second kappa shape index (κ2) is 9.47. The van der Waals surface area contributed by atoms with E-state index in [9.17, 15) is 9.90 Å². The first kappa shape index (κ1) is 20.0. The van der Waals surface area contributed by atoms with Crippen molar-refractivity contribution in [2.24, 2.45) is 0 Å². The minimum absolute atomic E-state index is 0.0438. The van der Waals surface area contributed by atoms with Crippen molar-refractivity contribution in [3.05, 3.63) is 89.5 Å². The van der Waals surface area contributed by atoms with Crippen molar-refractivity contribution in [3.63, 3.8) is 0 Å². The molecule has 1 unspecified atom stereocenters. The first-order valence-corrected chi connectivity index (χ1v) is 10.5. The highest BCUT2D eigenvalue weighted by molar-refractivity contribution is 7.99. The van der Waals surface area contributed by atoms with Crippen molar-refractivity contribution in [3.8, 4) is 16.9 Å². The van der Waals surface area contributed by atoms with E-state index in [4.69, 9.17) is 4.74 Å². The Bertz CT molecular complexity index is 952. The van der Waals surface area contributed by atoms with Gasteiger partial charge in [0, 0.05) is 5.56 Å². The van der Waals surface area contributed by atoms with Crippen LogP contribution in [-0.2, 0) is 4.74 Å². The fraction of sp³-hybridized carbons (Fsp3) is 0.208. The number of ether oxygens (including phenoxy) is 1. The number of para-hydroxylation sites is 1. The minimum Gasteiger partial charge on any atom is -0.508 e. The average Bonchev–Trinajstić information content (AvgIpc) is 2.73. The maximum atomic E-state index is 12.5. The highest BCUT2D eigenvalue weighted by Crippen LogP contribution is 2.44. The average molecular weight is 393 g/mol. The molecule has 0 bridgehead atoms. The smallest absolute Gasteiger partial charge is 0.338 e. The van der Waals surface area contributed by atoms with Crippen molar-refractivity contribution in [1.82, 2.24) is 0 Å². The highest BCUT2D eigenvalue weighted by atomic mass is 32.2. The predicted octanol–water partition coefficient (Wildman–Crippen LogP) is 6.08. The lowest BCUT2D eigenvalue weighted by Crippen LogP contribution is -2.08. The zero-order valence-electron chi connectivity index (χ0n) is 16.1. The summed E-state index contributed by atoms with van der Waals surface area (Å²) >= 11 is 1.75. The second-order valence-corrected chi connectivity index (χ2v) is 7.63. The van der Waals surface area contributed by atoms with Gasteiger partial charge in [0.15, 0.2) is 0 Å². The van der Waals surface area contributed by atoms with Crippen LogP contribution in [0.25, 0.3) is 11.1 Å². The Balaban J connectivity index is 2.17. The van der Waals surface area contributed by atoms with Gasteiger partial charge in [-0.05, 0) is 41.5 Å². The van der Waals surface area contributed by atoms with Gasteiger partial charge in [-0.2, -0.15) is 0 Å². The number of hydrogen-bond acceptors (Lipinski definition) is 4. The van der Waals surface area contributed by atoms with Gasteiger partial charge in [-0.25, -0.2) is 4.79 Å². The summed E-state index contributed by atoms with van der Waals surface area (Å²) in [5, 5.41) is 10.4. The first-order valence-electron chi connectivity index (χ1n) is 9.42. The maximum Gasteiger partial charge on any atom is 0.338 e. The van der Waals surface area contributed by atoms with Crippen LogP contribution in [0.15, 0.2) is 72.8 Å². The van der Waals surface area contributed by atoms with Gasteiger partial charge in [0.05, 0.1) is 17.4 Å². The monoisotopic (exact) mass is 392 g/mol. The zero-order valence-corrected chi connectivity index (χ0v) is 16.9. The van der Waals surface area contributed by atoms with Crippen LogP contribution in [0.3, 0.4) is 0 Å². The summed E-state index contributed by atoms with van der Waals surface area (Å²) in [5.74, 6) is 0.851. The van der Waals surface area contributed by atoms with Gasteiger partial charge in [0.1, 0.15) is 5.75 Å². The lowest BCUT2D eigenvalue weighted by Gasteiger charge is -2.22. The molecular weight excluding hydrogens is 368 g/mol. The lowest BCUT2D eigenvalue weighted by atomic mass is 9.91. The van der Waals surface area contributed by atoms with Gasteiger partial charge in [-0.15, -0.1) is 11.8 Å². The Labute approximate surface area is 170 Å². The molecule has 0 aliphatic carbocycles. The van der Waals surface area contributed by atoms with E-state index >= 15 is 0 Å². The van der Waals surface area contributed by atoms with Crippen LogP contribution in [0.5, 0.6) is 5.75 Å². The van der Waals surface area contributed by atoms with Crippen LogP contribution >= 0.6 is 11.8 Å². The van der Waals surface area contributed by atoms with Crippen molar-refractivity contribution in [2.75, 3.05) is 12.4 Å². The van der Waals surface area contributed by atoms with Crippen molar-refractivity contribution >= 4 is 17.7 Å². The van der Waals surface area contributed by atoms with Crippen LogP contribution in [0.4, 0.5) is 0 Å². The van der Waals surface area contributed by atoms with Crippen molar-refractivity contribution < 1.29 is 14.6 Å². The molecule has 0 heterocycles. The number of rotatable bonds is 7. The molecule has 0 spiro atoms. The topological polar surface area (TPSA) is 46.5 Å². The number of carbonyl (C=O) groups excluding carboxylic acids is 1. The Kier molecular flexibility index (Phi) is 6.77. The SMILES string of the molecule is CCOC(=O)c1ccccc1-c1ccccc1C(SCC)c1ccccc1O. The molecule has 0 amide bonds. The van der Waals surface area contributed by atoms with E-state index in [1.807, 2.05) is 54.6 Å². The lowest BCUT2D eigenvalue weighted by molar-refractivity contribution is 0.0527. The molecule has 1 atom stereocenters. The van der Waals surface area contributed by atoms with Crippen LogP contribution in [-0.4, -0.2) is 23.4 Å². The Morgan fingerprint density at radius 2 is 1.50 bits per heavy atom. The van der Waals surface area contributed by atoms with Gasteiger partial charge in [-0.1, -0.05) is 67.6 Å². The molecule has 3 rings (SSSR count). The Morgan fingerprint density at radius 3 is 2.18 bits per heavy atom. The molecule has 3 aromatic carbocycles. The fourth-order valence-electron chi connectivity index (χ4n) is 3.30. The summed E-state index contributed by atoms with van der Waals surface area (Å²) in [7, 11) is 0. The standard InChI is InChI=1S/C24H24O3S/c1-3-27-24(26)20-14-8-6-12-18(20)17-11-5-7-13-19(17)23(28-4-2)21-15-9-10-16-22(21)25/h5-16,23,25H,3-4H2,1-2H3. The molecule has 0 radical (unpaired) electrons. The summed E-state index contributed by atoms with van der Waals surface area (Å²) in [5.41, 5.74) is 4.30. The van der Waals surface area contributed by atoms with Crippen LogP contribution in [0.2, 0.25) is 0 Å². The van der Waals surface area contributed by atoms with Crippen LogP contribution < -0.4 is 0 Å². The number of thioether (sulfide) groups is 1. The first-order chi connectivity index (χ1) is 13.7. The molecule has 144 valence electrons. The molecule has 3 nitrogen and oxygen atoms in total. The third-order valence-electron chi connectivity index (χ3n) is 4.51. The van der Waals surface area contributed by atoms with E-state index in [1.54, 1.807) is 30.8 Å². The molecule has 0 aromatic heterocycles. The van der Waals surface area contributed by atoms with E-state index in [0.717, 1.165) is 28.0 Å².